The molecule has 3 N–H and O–H groups in total. The van der Waals surface area contributed by atoms with E-state index in [-0.39, 0.29) is 5.56 Å². The molecule has 0 amide bonds. The van der Waals surface area contributed by atoms with E-state index >= 15 is 0 Å². The molecule has 4 rings (SSSR count). The van der Waals surface area contributed by atoms with Gasteiger partial charge in [-0.2, -0.15) is 18.2 Å². The summed E-state index contributed by atoms with van der Waals surface area (Å²) in [6, 6.07) is 5.47. The second kappa shape index (κ2) is 7.79. The number of likely N-dealkylation sites (N-methyl/N-ethyl adjacent to an activating group) is 1. The topological polar surface area (TPSA) is 77.1 Å². The Morgan fingerprint density at radius 2 is 2.07 bits per heavy atom. The van der Waals surface area contributed by atoms with Crippen molar-refractivity contribution >= 4 is 17.1 Å². The lowest BCUT2D eigenvalue weighted by Crippen LogP contribution is -2.42. The Morgan fingerprint density at radius 1 is 1.27 bits per heavy atom. The zero-order chi connectivity index (χ0) is 21.5. The van der Waals surface area contributed by atoms with E-state index in [1.807, 2.05) is 0 Å². The van der Waals surface area contributed by atoms with Crippen LogP contribution in [0.25, 0.3) is 22.4 Å². The number of nitrogens with zero attached hydrogens (tertiary/aromatic N) is 3. The number of nitrogens with one attached hydrogen (secondary N) is 2. The van der Waals surface area contributed by atoms with Crippen LogP contribution in [0.15, 0.2) is 24.3 Å². The van der Waals surface area contributed by atoms with Crippen LogP contribution in [0.2, 0.25) is 0 Å². The van der Waals surface area contributed by atoms with Crippen LogP contribution >= 0.6 is 0 Å². The van der Waals surface area contributed by atoms with Gasteiger partial charge in [-0.15, -0.1) is 0 Å². The molecule has 3 heterocycles. The molecule has 0 radical (unpaired) electrons. The number of rotatable bonds is 4. The van der Waals surface area contributed by atoms with Gasteiger partial charge in [0, 0.05) is 18.2 Å². The highest BCUT2D eigenvalue weighted by Gasteiger charge is 2.32. The number of alkyl halides is 3. The number of phenolic OH excluding ortho intramolecular Hbond substituents is 1. The third-order valence-corrected chi connectivity index (χ3v) is 5.54. The number of aromatic nitrogens is 3. The van der Waals surface area contributed by atoms with Crippen molar-refractivity contribution in [2.24, 2.45) is 0 Å². The lowest BCUT2D eigenvalue weighted by Gasteiger charge is -2.32. The molecule has 9 heteroatoms. The molecule has 1 aromatic carbocycles. The van der Waals surface area contributed by atoms with Gasteiger partial charge in [0.2, 0.25) is 5.95 Å². The van der Waals surface area contributed by atoms with Crippen molar-refractivity contribution < 1.29 is 18.3 Å². The number of H-pyrrole nitrogens is 1. The molecule has 1 aliphatic rings. The number of piperidine rings is 1. The molecule has 1 atom stereocenters. The summed E-state index contributed by atoms with van der Waals surface area (Å²) in [7, 11) is 0. The number of benzene rings is 1. The highest BCUT2D eigenvalue weighted by Crippen LogP contribution is 2.38. The Morgan fingerprint density at radius 3 is 2.77 bits per heavy atom. The van der Waals surface area contributed by atoms with Gasteiger partial charge in [-0.1, -0.05) is 6.92 Å². The second-order valence-electron chi connectivity index (χ2n) is 7.71. The fraction of sp³-hybridized carbons (Fsp3) is 0.429. The van der Waals surface area contributed by atoms with Crippen molar-refractivity contribution in [1.29, 1.82) is 0 Å². The lowest BCUT2D eigenvalue weighted by molar-refractivity contribution is -0.137. The third kappa shape index (κ3) is 4.07. The highest BCUT2D eigenvalue weighted by atomic mass is 19.4. The average Bonchev–Trinajstić information content (AvgIpc) is 3.08. The molecule has 0 aliphatic carbocycles. The van der Waals surface area contributed by atoms with Crippen molar-refractivity contribution in [3.05, 3.63) is 35.4 Å². The van der Waals surface area contributed by atoms with Gasteiger partial charge in [-0.25, -0.2) is 4.98 Å². The van der Waals surface area contributed by atoms with Gasteiger partial charge in [-0.3, -0.25) is 0 Å². The maximum Gasteiger partial charge on any atom is 0.416 e. The molecule has 0 bridgehead atoms. The van der Waals surface area contributed by atoms with Gasteiger partial charge >= 0.3 is 6.18 Å². The van der Waals surface area contributed by atoms with Crippen LogP contribution in [-0.4, -0.2) is 50.6 Å². The molecule has 0 spiro atoms. The summed E-state index contributed by atoms with van der Waals surface area (Å²) < 4.78 is 38.9. The first-order chi connectivity index (χ1) is 14.2. The van der Waals surface area contributed by atoms with Crippen LogP contribution in [0.4, 0.5) is 19.1 Å². The summed E-state index contributed by atoms with van der Waals surface area (Å²) in [5.74, 6) is 0.163. The van der Waals surface area contributed by atoms with Crippen molar-refractivity contribution in [3.63, 3.8) is 0 Å². The number of hydrogen-bond acceptors (Lipinski definition) is 5. The number of aryl methyl sites for hydroxylation is 1. The number of likely N-dealkylation sites (tertiary alicyclic amines) is 1. The summed E-state index contributed by atoms with van der Waals surface area (Å²) in [5.41, 5.74) is 1.21. The normalized spacial score (nSPS) is 18.1. The monoisotopic (exact) mass is 419 g/mol. The van der Waals surface area contributed by atoms with E-state index in [2.05, 4.69) is 32.1 Å². The molecule has 160 valence electrons. The number of halogens is 3. The molecule has 30 heavy (non-hydrogen) atoms. The fourth-order valence-corrected chi connectivity index (χ4v) is 4.02. The number of pyridine rings is 1. The number of hydrogen-bond donors (Lipinski definition) is 3. The van der Waals surface area contributed by atoms with Crippen molar-refractivity contribution in [1.82, 2.24) is 19.9 Å². The van der Waals surface area contributed by atoms with Crippen molar-refractivity contribution in [3.8, 4) is 17.0 Å². The summed E-state index contributed by atoms with van der Waals surface area (Å²) in [6.07, 6.45) is -2.33. The Balaban J connectivity index is 1.62. The van der Waals surface area contributed by atoms with Crippen molar-refractivity contribution in [2.45, 2.75) is 38.9 Å². The number of fused-ring (bicyclic) bond motifs is 1. The summed E-state index contributed by atoms with van der Waals surface area (Å²) in [6.45, 7) is 6.74. The largest absolute Gasteiger partial charge is 0.507 e. The Bertz CT molecular complexity index is 1040. The average molecular weight is 419 g/mol. The Labute approximate surface area is 172 Å². The molecule has 3 aromatic rings. The van der Waals surface area contributed by atoms with Crippen molar-refractivity contribution in [2.75, 3.05) is 25.0 Å². The molecule has 1 fully saturated rings. The smallest absolute Gasteiger partial charge is 0.416 e. The first-order valence-electron chi connectivity index (χ1n) is 10.0. The van der Waals surface area contributed by atoms with E-state index in [1.54, 1.807) is 12.1 Å². The molecule has 0 saturated carbocycles. The fourth-order valence-electron chi connectivity index (χ4n) is 4.02. The highest BCUT2D eigenvalue weighted by molar-refractivity contribution is 5.80. The second-order valence-corrected chi connectivity index (χ2v) is 7.71. The lowest BCUT2D eigenvalue weighted by atomic mass is 10.0. The predicted octanol–water partition coefficient (Wildman–Crippen LogP) is 4.55. The van der Waals surface area contributed by atoms with E-state index in [9.17, 15) is 18.3 Å². The summed E-state index contributed by atoms with van der Waals surface area (Å²) in [4.78, 5) is 14.6. The van der Waals surface area contributed by atoms with E-state index in [4.69, 9.17) is 0 Å². The molecule has 0 unspecified atom stereocenters. The summed E-state index contributed by atoms with van der Waals surface area (Å²) in [5, 5.41) is 13.7. The van der Waals surface area contributed by atoms with Crippen LogP contribution < -0.4 is 5.32 Å². The molecule has 6 nitrogen and oxygen atoms in total. The zero-order valence-electron chi connectivity index (χ0n) is 16.8. The van der Waals surface area contributed by atoms with Gasteiger partial charge in [0.05, 0.1) is 16.8 Å². The van der Waals surface area contributed by atoms with Gasteiger partial charge in [0.1, 0.15) is 5.75 Å². The van der Waals surface area contributed by atoms with Crippen LogP contribution in [-0.2, 0) is 6.18 Å². The van der Waals surface area contributed by atoms with Gasteiger partial charge in [-0.05, 0) is 62.7 Å². The van der Waals surface area contributed by atoms with Crippen LogP contribution in [0, 0.1) is 6.92 Å². The molecule has 2 aromatic heterocycles. The third-order valence-electron chi connectivity index (χ3n) is 5.54. The quantitative estimate of drug-likeness (QED) is 0.578. The van der Waals surface area contributed by atoms with E-state index in [0.717, 1.165) is 44.6 Å². The minimum Gasteiger partial charge on any atom is -0.507 e. The van der Waals surface area contributed by atoms with E-state index in [1.165, 1.54) is 6.92 Å². The number of aromatic amines is 1. The first-order valence-corrected chi connectivity index (χ1v) is 10.0. The minimum absolute atomic E-state index is 0.272. The maximum absolute atomic E-state index is 13.0. The predicted molar refractivity (Wildman–Crippen MR) is 109 cm³/mol. The molecule has 1 saturated heterocycles. The standard InChI is InChI=1S/C21H24F3N5O/c1-3-29-8-4-5-14(11-29)25-20-27-16-7-6-15(26-19(16)28-20)18-12(2)9-13(10-17(18)30)21(22,23)24/h6-7,9-10,14,30H,3-5,8,11H2,1-2H3,(H2,25,26,27,28)/t14-/m0/s1. The number of aromatic hydroxyl groups is 1. The Kier molecular flexibility index (Phi) is 5.31. The van der Waals surface area contributed by atoms with Crippen LogP contribution in [0.1, 0.15) is 30.9 Å². The van der Waals surface area contributed by atoms with E-state index in [0.29, 0.717) is 34.4 Å². The van der Waals surface area contributed by atoms with Crippen LogP contribution in [0.5, 0.6) is 5.75 Å². The minimum atomic E-state index is -4.52. The van der Waals surface area contributed by atoms with Gasteiger partial charge in [0.25, 0.3) is 0 Å². The maximum atomic E-state index is 13.0. The number of imidazole rings is 1. The Hall–Kier alpha value is -2.81. The molecule has 1 aliphatic heterocycles. The number of anilines is 1. The van der Waals surface area contributed by atoms with Gasteiger partial charge in [0.15, 0.2) is 5.65 Å². The number of phenols is 1. The van der Waals surface area contributed by atoms with E-state index < -0.39 is 17.5 Å². The first kappa shape index (κ1) is 20.5. The zero-order valence-corrected chi connectivity index (χ0v) is 16.8. The summed E-state index contributed by atoms with van der Waals surface area (Å²) >= 11 is 0. The molecular weight excluding hydrogens is 395 g/mol. The van der Waals surface area contributed by atoms with Gasteiger partial charge < -0.3 is 20.3 Å². The SMILES string of the molecule is CCN1CCC[C@H](Nc2nc3nc(-c4c(C)cc(C(F)(F)F)cc4O)ccc3[nH]2)C1. The van der Waals surface area contributed by atoms with Crippen LogP contribution in [0.3, 0.4) is 0 Å². The molecular formula is C21H24F3N5O.